The average Bonchev–Trinajstić information content (AvgIpc) is 0. The molecule has 0 aliphatic carbocycles. The molecular formula is H2Cl4FeINa. The van der Waals surface area contributed by atoms with Crippen LogP contribution in [0, 0.1) is 0 Å². The summed E-state index contributed by atoms with van der Waals surface area (Å²) in [5.74, 6) is 0. The smallest absolute Gasteiger partial charge is 1.00 e. The van der Waals surface area contributed by atoms with Crippen molar-refractivity contribution >= 4 is 0 Å². The second-order valence-corrected chi connectivity index (χ2v) is 0. The maximum Gasteiger partial charge on any atom is 2.00 e. The van der Waals surface area contributed by atoms with E-state index in [1.807, 2.05) is 0 Å². The van der Waals surface area contributed by atoms with Gasteiger partial charge in [0.1, 0.15) is 0 Å². The summed E-state index contributed by atoms with van der Waals surface area (Å²) in [6.45, 7) is 0. The fraction of sp³-hybridized carbons (Fsp3) is 0. The summed E-state index contributed by atoms with van der Waals surface area (Å²) >= 11 is 0. The molecule has 0 bridgehead atoms. The van der Waals surface area contributed by atoms with Gasteiger partial charge in [-0.15, -0.1) is 0 Å². The Morgan fingerprint density at radius 1 is 0.571 bits per heavy atom. The molecule has 0 aromatic carbocycles. The molecule has 0 aromatic heterocycles. The van der Waals surface area contributed by atoms with Crippen molar-refractivity contribution in [2.45, 2.75) is 0 Å². The topological polar surface area (TPSA) is 0 Å². The van der Waals surface area contributed by atoms with Crippen LogP contribution in [0.2, 0.25) is 0 Å². The van der Waals surface area contributed by atoms with Gasteiger partial charge in [0.05, 0.1) is 0 Å². The number of hydrogen-bond acceptors (Lipinski definition) is 0. The second kappa shape index (κ2) is 57.2. The first kappa shape index (κ1) is 79.3. The van der Waals surface area contributed by atoms with Gasteiger partial charge in [0, 0.05) is 0 Å². The number of rotatable bonds is 0. The van der Waals surface area contributed by atoms with E-state index >= 15 is 0 Å². The third-order valence-corrected chi connectivity index (χ3v) is 0. The van der Waals surface area contributed by atoms with Crippen LogP contribution in [0.15, 0.2) is 0 Å². The van der Waals surface area contributed by atoms with Gasteiger partial charge in [-0.2, -0.15) is 0 Å². The summed E-state index contributed by atoms with van der Waals surface area (Å²) in [6, 6.07) is 0. The van der Waals surface area contributed by atoms with Crippen LogP contribution < -0.4 is 103 Å². The van der Waals surface area contributed by atoms with Crippen LogP contribution in [0.3, 0.4) is 0 Å². The van der Waals surface area contributed by atoms with E-state index in [4.69, 9.17) is 0 Å². The molecule has 46 valence electrons. The van der Waals surface area contributed by atoms with Crippen molar-refractivity contribution in [2.75, 3.05) is 0 Å². The molecule has 0 unspecified atom stereocenters. The molecule has 0 saturated carbocycles. The molecule has 0 saturated heterocycles. The first-order valence-corrected chi connectivity index (χ1v) is 0. The predicted molar refractivity (Wildman–Crippen MR) is 2.79 cm³/mol. The molecule has 7 heavy (non-hydrogen) atoms. The van der Waals surface area contributed by atoms with Crippen LogP contribution in [-0.4, -0.2) is 0 Å². The molecular weight excluding hydrogens is 348 g/mol. The van der Waals surface area contributed by atoms with Crippen molar-refractivity contribution in [3.63, 3.8) is 0 Å². The average molecular weight is 350 g/mol. The third-order valence-electron chi connectivity index (χ3n) is 0. The van der Waals surface area contributed by atoms with Gasteiger partial charge >= 0.3 is 46.6 Å². The largest absolute Gasteiger partial charge is 2.00 e. The van der Waals surface area contributed by atoms with Crippen molar-refractivity contribution in [2.24, 2.45) is 0 Å². The van der Waals surface area contributed by atoms with Gasteiger partial charge in [0.25, 0.3) is 0 Å². The minimum atomic E-state index is 0. The fourth-order valence-corrected chi connectivity index (χ4v) is 0. The van der Waals surface area contributed by atoms with Crippen molar-refractivity contribution < 1.29 is 120 Å². The maximum absolute atomic E-state index is 0. The Bertz CT molecular complexity index is 11.7. The summed E-state index contributed by atoms with van der Waals surface area (Å²) in [5.41, 5.74) is 0. The van der Waals surface area contributed by atoms with Crippen LogP contribution >= 0.6 is 0 Å². The van der Waals surface area contributed by atoms with E-state index in [9.17, 15) is 0 Å². The molecule has 0 rings (SSSR count). The van der Waals surface area contributed by atoms with Crippen LogP contribution in [0.1, 0.15) is 0 Å². The van der Waals surface area contributed by atoms with Gasteiger partial charge < -0.3 is 49.6 Å². The Hall–Kier alpha value is 3.41. The Kier molecular flexibility index (Phi) is 648. The normalized spacial score (nSPS) is 0. The predicted octanol–water partition coefficient (Wildman–Crippen LogP) is -18.5. The summed E-state index contributed by atoms with van der Waals surface area (Å²) < 4.78 is 0. The summed E-state index contributed by atoms with van der Waals surface area (Å²) in [7, 11) is 0. The van der Waals surface area contributed by atoms with Crippen molar-refractivity contribution in [1.82, 2.24) is 0 Å². The van der Waals surface area contributed by atoms with Gasteiger partial charge in [-0.25, -0.2) is 0 Å². The van der Waals surface area contributed by atoms with E-state index in [1.165, 1.54) is 0 Å². The maximum atomic E-state index is 0. The number of hydrogen-bond donors (Lipinski definition) is 0. The standard InChI is InChI=1S/4ClH.Fe.H2I.Na/h4*1H;;1H2;/q;;;;+2;2*+1/p-4. The number of halogens is 5. The summed E-state index contributed by atoms with van der Waals surface area (Å²) in [5, 5.41) is 0. The molecule has 0 aromatic rings. The summed E-state index contributed by atoms with van der Waals surface area (Å²) in [6.07, 6.45) is 0. The van der Waals surface area contributed by atoms with Gasteiger partial charge in [-0.3, -0.25) is 0 Å². The fourth-order valence-electron chi connectivity index (χ4n) is 0. The van der Waals surface area contributed by atoms with E-state index in [-0.39, 0.29) is 120 Å². The van der Waals surface area contributed by atoms with Crippen LogP contribution in [0.4, 0.5) is 0 Å². The molecule has 0 fully saturated rings. The van der Waals surface area contributed by atoms with Crippen LogP contribution in [0.25, 0.3) is 0 Å². The minimum absolute atomic E-state index is 0. The monoisotopic (exact) mass is 348 g/mol. The van der Waals surface area contributed by atoms with E-state index in [0.717, 1.165) is 0 Å². The SMILES string of the molecule is [Cl-].[Cl-].[Cl-].[Cl-].[Fe+2].[IH2+].[Na+]. The Morgan fingerprint density at radius 3 is 0.571 bits per heavy atom. The van der Waals surface area contributed by atoms with Crippen molar-refractivity contribution in [1.29, 1.82) is 0 Å². The van der Waals surface area contributed by atoms with Crippen LogP contribution in [-0.2, 0) is 17.1 Å². The molecule has 0 atom stereocenters. The zero-order chi connectivity index (χ0) is 0. The van der Waals surface area contributed by atoms with Crippen molar-refractivity contribution in [3.05, 3.63) is 0 Å². The van der Waals surface area contributed by atoms with E-state index in [2.05, 4.69) is 0 Å². The molecule has 0 amide bonds. The first-order valence-electron chi connectivity index (χ1n) is 0. The minimum Gasteiger partial charge on any atom is -1.00 e. The molecule has 0 aliphatic heterocycles. The molecule has 0 N–H and O–H groups in total. The van der Waals surface area contributed by atoms with Gasteiger partial charge in [-0.05, 0) is 0 Å². The van der Waals surface area contributed by atoms with Gasteiger partial charge in [0.2, 0.25) is 24.0 Å². The third kappa shape index (κ3) is 44.4. The molecule has 0 spiro atoms. The van der Waals surface area contributed by atoms with E-state index in [1.54, 1.807) is 0 Å². The Morgan fingerprint density at radius 2 is 0.571 bits per heavy atom. The first-order chi connectivity index (χ1) is 0. The molecule has 0 nitrogen and oxygen atoms in total. The van der Waals surface area contributed by atoms with Crippen LogP contribution in [0.5, 0.6) is 0 Å². The van der Waals surface area contributed by atoms with E-state index < -0.39 is 0 Å². The second-order valence-electron chi connectivity index (χ2n) is 0. The van der Waals surface area contributed by atoms with Gasteiger partial charge in [-0.1, -0.05) is 0 Å². The zero-order valence-electron chi connectivity index (χ0n) is 3.31. The quantitative estimate of drug-likeness (QED) is 0.301. The van der Waals surface area contributed by atoms with Gasteiger partial charge in [0.15, 0.2) is 0 Å². The van der Waals surface area contributed by atoms with E-state index in [0.29, 0.717) is 0 Å². The Balaban J connectivity index is 0. The summed E-state index contributed by atoms with van der Waals surface area (Å²) in [4.78, 5) is 0. The molecule has 0 heterocycles. The Labute approximate surface area is 118 Å². The zero-order valence-corrected chi connectivity index (χ0v) is 12.0. The molecule has 0 aliphatic rings. The van der Waals surface area contributed by atoms with Crippen molar-refractivity contribution in [3.8, 4) is 0 Å². The molecule has 0 radical (unpaired) electrons. The molecule has 7 heteroatoms.